The number of hydrogen-bond acceptors (Lipinski definition) is 4. The van der Waals surface area contributed by atoms with E-state index < -0.39 is 0 Å². The number of fused-ring (bicyclic) bond motifs is 1. The van der Waals surface area contributed by atoms with Gasteiger partial charge in [0.1, 0.15) is 0 Å². The number of methoxy groups -OCH3 is 1. The van der Waals surface area contributed by atoms with E-state index in [0.717, 1.165) is 66.8 Å². The predicted octanol–water partition coefficient (Wildman–Crippen LogP) is 5.13. The fourth-order valence-corrected chi connectivity index (χ4v) is 5.27. The average molecular weight is 484 g/mol. The van der Waals surface area contributed by atoms with Gasteiger partial charge in [0, 0.05) is 50.6 Å². The molecule has 5 rings (SSSR count). The lowest BCUT2D eigenvalue weighted by molar-refractivity contribution is -0.118. The van der Waals surface area contributed by atoms with Crippen LogP contribution in [0.2, 0.25) is 0 Å². The Balaban J connectivity index is 1.41. The van der Waals surface area contributed by atoms with E-state index in [0.29, 0.717) is 17.7 Å². The quantitative estimate of drug-likeness (QED) is 0.528. The van der Waals surface area contributed by atoms with Crippen LogP contribution in [0.1, 0.15) is 40.7 Å². The second kappa shape index (κ2) is 10.6. The molecule has 0 bridgehead atoms. The van der Waals surface area contributed by atoms with E-state index in [1.165, 1.54) is 0 Å². The number of ether oxygens (including phenoxy) is 1. The molecule has 1 saturated heterocycles. The zero-order valence-corrected chi connectivity index (χ0v) is 21.0. The van der Waals surface area contributed by atoms with Crippen molar-refractivity contribution in [3.05, 3.63) is 83.4 Å². The van der Waals surface area contributed by atoms with Crippen molar-refractivity contribution >= 4 is 23.2 Å². The molecule has 2 heterocycles. The Morgan fingerprint density at radius 2 is 1.89 bits per heavy atom. The summed E-state index contributed by atoms with van der Waals surface area (Å²) in [5.74, 6) is -0.0606. The first-order valence-corrected chi connectivity index (χ1v) is 12.7. The summed E-state index contributed by atoms with van der Waals surface area (Å²) >= 11 is 0. The number of piperidine rings is 1. The maximum absolute atomic E-state index is 13.3. The van der Waals surface area contributed by atoms with Crippen molar-refractivity contribution < 1.29 is 14.3 Å². The van der Waals surface area contributed by atoms with Crippen molar-refractivity contribution in [3.63, 3.8) is 0 Å². The number of aryl methyl sites for hydroxylation is 1. The molecule has 2 aliphatic heterocycles. The predicted molar refractivity (Wildman–Crippen MR) is 143 cm³/mol. The third-order valence-electron chi connectivity index (χ3n) is 7.33. The third-order valence-corrected chi connectivity index (χ3v) is 7.33. The first-order valence-electron chi connectivity index (χ1n) is 12.7. The van der Waals surface area contributed by atoms with Crippen LogP contribution in [0, 0.1) is 0 Å². The normalized spacial score (nSPS) is 18.1. The number of nitrogens with one attached hydrogen (secondary N) is 1. The van der Waals surface area contributed by atoms with Crippen LogP contribution in [0.15, 0.2) is 66.7 Å². The Morgan fingerprint density at radius 1 is 1.06 bits per heavy atom. The highest BCUT2D eigenvalue weighted by Crippen LogP contribution is 2.31. The molecular formula is C30H33N3O3. The van der Waals surface area contributed by atoms with Crippen molar-refractivity contribution in [1.29, 1.82) is 0 Å². The highest BCUT2D eigenvalue weighted by atomic mass is 16.5. The van der Waals surface area contributed by atoms with Gasteiger partial charge in [-0.2, -0.15) is 0 Å². The minimum atomic E-state index is -0.158. The molecule has 0 aromatic heterocycles. The van der Waals surface area contributed by atoms with Crippen LogP contribution in [0.25, 0.3) is 11.1 Å². The molecule has 1 unspecified atom stereocenters. The van der Waals surface area contributed by atoms with Gasteiger partial charge in [0.05, 0.1) is 6.10 Å². The molecule has 0 aliphatic carbocycles. The lowest BCUT2D eigenvalue weighted by Crippen LogP contribution is -2.38. The number of benzene rings is 3. The topological polar surface area (TPSA) is 61.9 Å². The maximum atomic E-state index is 13.3. The Morgan fingerprint density at radius 3 is 2.69 bits per heavy atom. The fourth-order valence-electron chi connectivity index (χ4n) is 5.27. The van der Waals surface area contributed by atoms with Gasteiger partial charge in [-0.25, -0.2) is 0 Å². The summed E-state index contributed by atoms with van der Waals surface area (Å²) in [5.41, 5.74) is 6.70. The summed E-state index contributed by atoms with van der Waals surface area (Å²) in [7, 11) is 3.57. The van der Waals surface area contributed by atoms with Crippen LogP contribution in [0.4, 0.5) is 11.4 Å². The van der Waals surface area contributed by atoms with E-state index in [1.807, 2.05) is 48.5 Å². The van der Waals surface area contributed by atoms with E-state index in [4.69, 9.17) is 4.74 Å². The smallest absolute Gasteiger partial charge is 0.255 e. The molecular weight excluding hydrogens is 450 g/mol. The fraction of sp³-hybridized carbons (Fsp3) is 0.333. The van der Waals surface area contributed by atoms with E-state index in [-0.39, 0.29) is 17.9 Å². The summed E-state index contributed by atoms with van der Waals surface area (Å²) in [6.45, 7) is 2.67. The maximum Gasteiger partial charge on any atom is 0.255 e. The van der Waals surface area contributed by atoms with Gasteiger partial charge in [0.2, 0.25) is 5.91 Å². The molecule has 6 nitrogen and oxygen atoms in total. The number of hydrogen-bond donors (Lipinski definition) is 1. The number of carbonyl (C=O) groups is 2. The molecule has 3 aromatic rings. The molecule has 2 aliphatic rings. The summed E-state index contributed by atoms with van der Waals surface area (Å²) in [5, 5.41) is 3.04. The minimum Gasteiger partial charge on any atom is -0.380 e. The van der Waals surface area contributed by atoms with E-state index in [1.54, 1.807) is 19.1 Å². The molecule has 6 heteroatoms. The molecule has 186 valence electrons. The molecule has 1 N–H and O–H groups in total. The van der Waals surface area contributed by atoms with Crippen LogP contribution >= 0.6 is 0 Å². The zero-order chi connectivity index (χ0) is 25.1. The van der Waals surface area contributed by atoms with Gasteiger partial charge in [0.15, 0.2) is 0 Å². The standard InChI is InChI=1S/C30H33N3O3/c1-32-28-18-25(13-10-22(28)12-15-29(32)34)31-30(35)23-11-14-27(21-7-4-3-5-8-21)24(17-23)19-33-16-6-9-26(20-33)36-2/h3-5,7-8,10-11,13-14,17-18,26H,6,9,12,15-16,19-20H2,1-2H3,(H,31,35). The Bertz CT molecular complexity index is 1260. The highest BCUT2D eigenvalue weighted by Gasteiger charge is 2.23. The van der Waals surface area contributed by atoms with E-state index >= 15 is 0 Å². The van der Waals surface area contributed by atoms with Crippen LogP contribution in [-0.4, -0.2) is 50.1 Å². The van der Waals surface area contributed by atoms with Crippen molar-refractivity contribution in [2.24, 2.45) is 0 Å². The number of amides is 2. The highest BCUT2D eigenvalue weighted by molar-refractivity contribution is 6.05. The van der Waals surface area contributed by atoms with Gasteiger partial charge in [-0.1, -0.05) is 42.5 Å². The zero-order valence-electron chi connectivity index (χ0n) is 21.0. The summed E-state index contributed by atoms with van der Waals surface area (Å²) in [4.78, 5) is 29.5. The van der Waals surface area contributed by atoms with Gasteiger partial charge >= 0.3 is 0 Å². The minimum absolute atomic E-state index is 0.0977. The summed E-state index contributed by atoms with van der Waals surface area (Å²) in [6.07, 6.45) is 3.70. The summed E-state index contributed by atoms with van der Waals surface area (Å²) in [6, 6.07) is 22.1. The van der Waals surface area contributed by atoms with Crippen molar-refractivity contribution in [1.82, 2.24) is 4.90 Å². The average Bonchev–Trinajstić information content (AvgIpc) is 2.91. The van der Waals surface area contributed by atoms with E-state index in [9.17, 15) is 9.59 Å². The Labute approximate surface area is 212 Å². The largest absolute Gasteiger partial charge is 0.380 e. The first-order chi connectivity index (χ1) is 17.5. The van der Waals surface area contributed by atoms with Crippen molar-refractivity contribution in [2.75, 3.05) is 37.5 Å². The number of nitrogens with zero attached hydrogens (tertiary/aromatic N) is 2. The number of likely N-dealkylation sites (tertiary alicyclic amines) is 1. The molecule has 2 amide bonds. The molecule has 0 saturated carbocycles. The van der Waals surface area contributed by atoms with Crippen LogP contribution in [-0.2, 0) is 22.5 Å². The number of carbonyl (C=O) groups excluding carboxylic acids is 2. The first kappa shape index (κ1) is 24.2. The monoisotopic (exact) mass is 483 g/mol. The number of anilines is 2. The van der Waals surface area contributed by atoms with Crippen LogP contribution < -0.4 is 10.2 Å². The van der Waals surface area contributed by atoms with Crippen molar-refractivity contribution in [2.45, 2.75) is 38.3 Å². The van der Waals surface area contributed by atoms with E-state index in [2.05, 4.69) is 28.4 Å². The second-order valence-electron chi connectivity index (χ2n) is 9.72. The van der Waals surface area contributed by atoms with Crippen LogP contribution in [0.3, 0.4) is 0 Å². The van der Waals surface area contributed by atoms with Gasteiger partial charge in [0.25, 0.3) is 5.91 Å². The van der Waals surface area contributed by atoms with Gasteiger partial charge in [-0.3, -0.25) is 14.5 Å². The van der Waals surface area contributed by atoms with Crippen LogP contribution in [0.5, 0.6) is 0 Å². The second-order valence-corrected chi connectivity index (χ2v) is 9.72. The molecule has 36 heavy (non-hydrogen) atoms. The lowest BCUT2D eigenvalue weighted by Gasteiger charge is -2.32. The third kappa shape index (κ3) is 5.20. The molecule has 3 aromatic carbocycles. The molecule has 1 atom stereocenters. The Hall–Kier alpha value is -3.48. The lowest BCUT2D eigenvalue weighted by atomic mass is 9.96. The number of rotatable bonds is 6. The van der Waals surface area contributed by atoms with Crippen molar-refractivity contribution in [3.8, 4) is 11.1 Å². The Kier molecular flexibility index (Phi) is 7.16. The molecule has 1 fully saturated rings. The van der Waals surface area contributed by atoms with Gasteiger partial charge in [-0.15, -0.1) is 0 Å². The molecule has 0 spiro atoms. The molecule has 0 radical (unpaired) electrons. The van der Waals surface area contributed by atoms with Gasteiger partial charge in [-0.05, 0) is 72.3 Å². The van der Waals surface area contributed by atoms with Gasteiger partial charge < -0.3 is 15.0 Å². The SMILES string of the molecule is COC1CCCN(Cc2cc(C(=O)Nc3ccc4c(c3)N(C)C(=O)CC4)ccc2-c2ccccc2)C1. The summed E-state index contributed by atoms with van der Waals surface area (Å²) < 4.78 is 5.63.